The van der Waals surface area contributed by atoms with E-state index < -0.39 is 0 Å². The van der Waals surface area contributed by atoms with Crippen LogP contribution in [0.5, 0.6) is 0 Å². The van der Waals surface area contributed by atoms with Crippen LogP contribution in [0.1, 0.15) is 24.0 Å². The Kier molecular flexibility index (Phi) is 4.41. The zero-order chi connectivity index (χ0) is 14.7. The molecule has 2 aliphatic rings. The first kappa shape index (κ1) is 14.4. The predicted octanol–water partition coefficient (Wildman–Crippen LogP) is 1.31. The third kappa shape index (κ3) is 3.95. The maximum Gasteiger partial charge on any atom is 0.170 e. The van der Waals surface area contributed by atoms with Crippen LogP contribution in [0.15, 0.2) is 29.4 Å². The van der Waals surface area contributed by atoms with Gasteiger partial charge in [-0.2, -0.15) is 0 Å². The zero-order valence-corrected chi connectivity index (χ0v) is 12.4. The van der Waals surface area contributed by atoms with Crippen LogP contribution < -0.4 is 5.73 Å². The number of nitrogens with zero attached hydrogens (tertiary/aromatic N) is 3. The summed E-state index contributed by atoms with van der Waals surface area (Å²) in [7, 11) is 0. The topological polar surface area (TPSA) is 65.1 Å². The lowest BCUT2D eigenvalue weighted by molar-refractivity contribution is 0.123. The molecule has 1 aromatic rings. The van der Waals surface area contributed by atoms with Crippen molar-refractivity contribution in [3.8, 4) is 0 Å². The van der Waals surface area contributed by atoms with Gasteiger partial charge in [0.25, 0.3) is 0 Å². The van der Waals surface area contributed by atoms with Gasteiger partial charge in [-0.3, -0.25) is 4.90 Å². The van der Waals surface area contributed by atoms with Gasteiger partial charge in [-0.05, 0) is 24.3 Å². The van der Waals surface area contributed by atoms with Crippen molar-refractivity contribution >= 4 is 5.84 Å². The minimum Gasteiger partial charge on any atom is -0.409 e. The molecule has 114 valence electrons. The Morgan fingerprint density at radius 2 is 1.71 bits per heavy atom. The number of oxime groups is 1. The second kappa shape index (κ2) is 6.45. The van der Waals surface area contributed by atoms with Crippen molar-refractivity contribution < 1.29 is 5.21 Å². The van der Waals surface area contributed by atoms with E-state index in [0.29, 0.717) is 0 Å². The standard InChI is InChI=1S/C16H24N4O/c17-16(18-21)15-5-3-14(4-6-15)12-20-9-7-19(8-10-20)11-13-1-2-13/h3-6,13,21H,1-2,7-12H2,(H2,17,18). The molecule has 3 rings (SSSR count). The van der Waals surface area contributed by atoms with Crippen LogP contribution in [0.4, 0.5) is 0 Å². The van der Waals surface area contributed by atoms with Gasteiger partial charge in [-0.15, -0.1) is 0 Å². The molecule has 21 heavy (non-hydrogen) atoms. The molecule has 0 amide bonds. The van der Waals surface area contributed by atoms with Gasteiger partial charge in [0.15, 0.2) is 5.84 Å². The summed E-state index contributed by atoms with van der Waals surface area (Å²) < 4.78 is 0. The van der Waals surface area contributed by atoms with Crippen LogP contribution in [0.2, 0.25) is 0 Å². The second-order valence-electron chi connectivity index (χ2n) is 6.20. The largest absolute Gasteiger partial charge is 0.409 e. The normalized spacial score (nSPS) is 21.6. The molecule has 0 atom stereocenters. The molecule has 0 bridgehead atoms. The number of benzene rings is 1. The molecule has 0 unspecified atom stereocenters. The summed E-state index contributed by atoms with van der Waals surface area (Å²) in [5, 5.41) is 11.7. The zero-order valence-electron chi connectivity index (χ0n) is 12.4. The van der Waals surface area contributed by atoms with Gasteiger partial charge in [0.05, 0.1) is 0 Å². The van der Waals surface area contributed by atoms with E-state index >= 15 is 0 Å². The first-order chi connectivity index (χ1) is 10.2. The molecule has 1 saturated heterocycles. The van der Waals surface area contributed by atoms with Gasteiger partial charge in [0, 0.05) is 44.8 Å². The summed E-state index contributed by atoms with van der Waals surface area (Å²) in [6.07, 6.45) is 2.87. The summed E-state index contributed by atoms with van der Waals surface area (Å²) in [6.45, 7) is 6.97. The maximum absolute atomic E-state index is 8.66. The molecule has 5 nitrogen and oxygen atoms in total. The van der Waals surface area contributed by atoms with Crippen molar-refractivity contribution in [2.75, 3.05) is 32.7 Å². The molecule has 0 aromatic heterocycles. The van der Waals surface area contributed by atoms with Crippen molar-refractivity contribution in [1.29, 1.82) is 0 Å². The van der Waals surface area contributed by atoms with Gasteiger partial charge in [0.1, 0.15) is 0 Å². The maximum atomic E-state index is 8.66. The number of hydrogen-bond acceptors (Lipinski definition) is 4. The lowest BCUT2D eigenvalue weighted by Crippen LogP contribution is -2.46. The Hall–Kier alpha value is -1.59. The highest BCUT2D eigenvalue weighted by molar-refractivity contribution is 5.96. The molecular formula is C16H24N4O. The number of amidine groups is 1. The lowest BCUT2D eigenvalue weighted by atomic mass is 10.1. The molecular weight excluding hydrogens is 264 g/mol. The van der Waals surface area contributed by atoms with Crippen LogP contribution in [0.25, 0.3) is 0 Å². The van der Waals surface area contributed by atoms with Crippen molar-refractivity contribution in [3.63, 3.8) is 0 Å². The summed E-state index contributed by atoms with van der Waals surface area (Å²) in [4.78, 5) is 5.11. The van der Waals surface area contributed by atoms with Crippen LogP contribution in [0, 0.1) is 5.92 Å². The molecule has 2 fully saturated rings. The fraction of sp³-hybridized carbons (Fsp3) is 0.562. The molecule has 1 saturated carbocycles. The summed E-state index contributed by atoms with van der Waals surface area (Å²) in [5.41, 5.74) is 7.61. The van der Waals surface area contributed by atoms with E-state index in [1.54, 1.807) is 0 Å². The first-order valence-electron chi connectivity index (χ1n) is 7.76. The highest BCUT2D eigenvalue weighted by atomic mass is 16.4. The highest BCUT2D eigenvalue weighted by Crippen LogP contribution is 2.29. The predicted molar refractivity (Wildman–Crippen MR) is 83.4 cm³/mol. The first-order valence-corrected chi connectivity index (χ1v) is 7.76. The monoisotopic (exact) mass is 288 g/mol. The van der Waals surface area contributed by atoms with E-state index in [-0.39, 0.29) is 5.84 Å². The van der Waals surface area contributed by atoms with E-state index in [1.165, 1.54) is 38.0 Å². The summed E-state index contributed by atoms with van der Waals surface area (Å²) >= 11 is 0. The third-order valence-corrected chi connectivity index (χ3v) is 4.44. The second-order valence-corrected chi connectivity index (χ2v) is 6.20. The number of hydrogen-bond donors (Lipinski definition) is 2. The molecule has 3 N–H and O–H groups in total. The third-order valence-electron chi connectivity index (χ3n) is 4.44. The average Bonchev–Trinajstić information content (AvgIpc) is 3.33. The van der Waals surface area contributed by atoms with Crippen molar-refractivity contribution in [2.45, 2.75) is 19.4 Å². The number of rotatable bonds is 5. The average molecular weight is 288 g/mol. The fourth-order valence-corrected chi connectivity index (χ4v) is 2.89. The van der Waals surface area contributed by atoms with Crippen molar-refractivity contribution in [1.82, 2.24) is 9.80 Å². The minimum atomic E-state index is 0.162. The van der Waals surface area contributed by atoms with E-state index in [9.17, 15) is 0 Å². The molecule has 1 aromatic carbocycles. The molecule has 0 spiro atoms. The van der Waals surface area contributed by atoms with Gasteiger partial charge in [-0.25, -0.2) is 0 Å². The van der Waals surface area contributed by atoms with E-state index in [0.717, 1.165) is 31.1 Å². The van der Waals surface area contributed by atoms with Crippen LogP contribution >= 0.6 is 0 Å². The number of nitrogens with two attached hydrogens (primary N) is 1. The Balaban J connectivity index is 1.48. The molecule has 5 heteroatoms. The lowest BCUT2D eigenvalue weighted by Gasteiger charge is -2.34. The smallest absolute Gasteiger partial charge is 0.170 e. The van der Waals surface area contributed by atoms with Crippen molar-refractivity contribution in [2.24, 2.45) is 16.8 Å². The van der Waals surface area contributed by atoms with E-state index in [1.807, 2.05) is 12.1 Å². The highest BCUT2D eigenvalue weighted by Gasteiger charge is 2.26. The van der Waals surface area contributed by atoms with Crippen LogP contribution in [-0.2, 0) is 6.54 Å². The molecule has 1 aliphatic carbocycles. The van der Waals surface area contributed by atoms with Gasteiger partial charge < -0.3 is 15.8 Å². The molecule has 1 heterocycles. The van der Waals surface area contributed by atoms with E-state index in [4.69, 9.17) is 10.9 Å². The van der Waals surface area contributed by atoms with Crippen LogP contribution in [0.3, 0.4) is 0 Å². The Labute approximate surface area is 126 Å². The Morgan fingerprint density at radius 1 is 1.10 bits per heavy atom. The Bertz CT molecular complexity index is 488. The summed E-state index contributed by atoms with van der Waals surface area (Å²) in [5.74, 6) is 1.15. The van der Waals surface area contributed by atoms with Gasteiger partial charge in [-0.1, -0.05) is 29.4 Å². The quantitative estimate of drug-likeness (QED) is 0.371. The van der Waals surface area contributed by atoms with Gasteiger partial charge in [0.2, 0.25) is 0 Å². The number of piperazine rings is 1. The SMILES string of the molecule is NC(=NO)c1ccc(CN2CCN(CC3CC3)CC2)cc1. The minimum absolute atomic E-state index is 0.162. The summed E-state index contributed by atoms with van der Waals surface area (Å²) in [6, 6.07) is 7.94. The fourth-order valence-electron chi connectivity index (χ4n) is 2.89. The van der Waals surface area contributed by atoms with E-state index in [2.05, 4.69) is 27.1 Å². The molecule has 1 aliphatic heterocycles. The van der Waals surface area contributed by atoms with Crippen LogP contribution in [-0.4, -0.2) is 53.6 Å². The Morgan fingerprint density at radius 3 is 2.29 bits per heavy atom. The van der Waals surface area contributed by atoms with Gasteiger partial charge >= 0.3 is 0 Å². The molecule has 0 radical (unpaired) electrons. The van der Waals surface area contributed by atoms with Crippen molar-refractivity contribution in [3.05, 3.63) is 35.4 Å².